The molecule has 9 heteroatoms. The Labute approximate surface area is 180 Å². The Morgan fingerprint density at radius 2 is 1.90 bits per heavy atom. The van der Waals surface area contributed by atoms with E-state index in [0.717, 1.165) is 5.56 Å². The number of H-pyrrole nitrogens is 1. The normalized spacial score (nSPS) is 18.7. The molecule has 0 aliphatic heterocycles. The maximum absolute atomic E-state index is 12.7. The van der Waals surface area contributed by atoms with E-state index >= 15 is 0 Å². The summed E-state index contributed by atoms with van der Waals surface area (Å²) < 4.78 is 5.12. The van der Waals surface area contributed by atoms with Crippen LogP contribution in [0.4, 0.5) is 5.69 Å². The van der Waals surface area contributed by atoms with Crippen LogP contribution in [0.3, 0.4) is 0 Å². The Morgan fingerprint density at radius 3 is 2.48 bits per heavy atom. The number of hydrogen-bond acceptors (Lipinski definition) is 6. The Balaban J connectivity index is 1.55. The molecule has 0 saturated heterocycles. The minimum absolute atomic E-state index is 0.104. The Bertz CT molecular complexity index is 924. The summed E-state index contributed by atoms with van der Waals surface area (Å²) in [5, 5.41) is 9.12. The third-order valence-electron chi connectivity index (χ3n) is 5.40. The maximum atomic E-state index is 12.7. The first-order valence-electron chi connectivity index (χ1n) is 10.2. The fraction of sp³-hybridized carbons (Fsp3) is 0.364. The molecule has 1 saturated carbocycles. The van der Waals surface area contributed by atoms with Crippen molar-refractivity contribution in [2.24, 2.45) is 22.8 Å². The van der Waals surface area contributed by atoms with Crippen molar-refractivity contribution in [3.63, 3.8) is 0 Å². The number of benzene rings is 1. The van der Waals surface area contributed by atoms with Gasteiger partial charge in [0.15, 0.2) is 0 Å². The number of esters is 1. The summed E-state index contributed by atoms with van der Waals surface area (Å²) in [6.45, 7) is 2.10. The first kappa shape index (κ1) is 22.1. The molecule has 0 spiro atoms. The number of carbonyl (C=O) groups excluding carboxylic acids is 3. The molecule has 1 aromatic heterocycles. The number of nitrogens with two attached hydrogens (primary N) is 1. The van der Waals surface area contributed by atoms with Crippen molar-refractivity contribution in [1.82, 2.24) is 10.3 Å². The van der Waals surface area contributed by atoms with Crippen LogP contribution in [0.1, 0.15) is 36.9 Å². The molecule has 3 rings (SSSR count). The van der Waals surface area contributed by atoms with Crippen molar-refractivity contribution in [3.8, 4) is 0 Å². The van der Waals surface area contributed by atoms with Gasteiger partial charge in [-0.3, -0.25) is 14.4 Å². The molecule has 9 nitrogen and oxygen atoms in total. The fourth-order valence-corrected chi connectivity index (χ4v) is 3.56. The molecule has 1 fully saturated rings. The molecule has 5 N–H and O–H groups in total. The lowest BCUT2D eigenvalue weighted by Gasteiger charge is -2.34. The van der Waals surface area contributed by atoms with Gasteiger partial charge in [0.1, 0.15) is 5.92 Å². The van der Waals surface area contributed by atoms with E-state index in [2.05, 4.69) is 20.7 Å². The van der Waals surface area contributed by atoms with E-state index in [-0.39, 0.29) is 25.0 Å². The second-order valence-corrected chi connectivity index (χ2v) is 7.36. The third kappa shape index (κ3) is 5.50. The average Bonchev–Trinajstić information content (AvgIpc) is 3.23. The van der Waals surface area contributed by atoms with Gasteiger partial charge in [0, 0.05) is 36.0 Å². The predicted octanol–water partition coefficient (Wildman–Crippen LogP) is 1.74. The van der Waals surface area contributed by atoms with E-state index in [0.29, 0.717) is 24.2 Å². The van der Waals surface area contributed by atoms with E-state index in [1.54, 1.807) is 49.5 Å². The molecule has 164 valence electrons. The monoisotopic (exact) mass is 425 g/mol. The van der Waals surface area contributed by atoms with Crippen LogP contribution in [0.5, 0.6) is 0 Å². The second kappa shape index (κ2) is 10.4. The van der Waals surface area contributed by atoms with Gasteiger partial charge in [0.2, 0.25) is 11.8 Å². The van der Waals surface area contributed by atoms with E-state index < -0.39 is 23.7 Å². The van der Waals surface area contributed by atoms with Gasteiger partial charge in [0.25, 0.3) is 0 Å². The molecule has 1 aliphatic rings. The van der Waals surface area contributed by atoms with E-state index in [1.807, 2.05) is 0 Å². The van der Waals surface area contributed by atoms with Gasteiger partial charge < -0.3 is 26.2 Å². The van der Waals surface area contributed by atoms with Crippen LogP contribution in [0, 0.1) is 11.8 Å². The number of amides is 2. The van der Waals surface area contributed by atoms with E-state index in [9.17, 15) is 14.4 Å². The number of rotatable bonds is 9. The zero-order valence-electron chi connectivity index (χ0n) is 17.3. The van der Waals surface area contributed by atoms with Crippen LogP contribution in [0.15, 0.2) is 47.7 Å². The van der Waals surface area contributed by atoms with Crippen LogP contribution < -0.4 is 16.5 Å². The Morgan fingerprint density at radius 1 is 1.19 bits per heavy atom. The SMILES string of the molecule is CCOC(=O)C(CNC(=O)C1CCC1C(=O)Nc1ccc(C=NN)cc1)c1ccc[nH]1. The van der Waals surface area contributed by atoms with E-state index in [1.165, 1.54) is 6.21 Å². The molecule has 3 atom stereocenters. The summed E-state index contributed by atoms with van der Waals surface area (Å²) >= 11 is 0. The van der Waals surface area contributed by atoms with Crippen molar-refractivity contribution in [1.29, 1.82) is 0 Å². The highest BCUT2D eigenvalue weighted by Crippen LogP contribution is 2.35. The van der Waals surface area contributed by atoms with Crippen molar-refractivity contribution >= 4 is 29.7 Å². The predicted molar refractivity (Wildman–Crippen MR) is 116 cm³/mol. The number of ether oxygens (including phenoxy) is 1. The lowest BCUT2D eigenvalue weighted by Crippen LogP contribution is -2.47. The lowest BCUT2D eigenvalue weighted by molar-refractivity contribution is -0.145. The summed E-state index contributed by atoms with van der Waals surface area (Å²) in [4.78, 5) is 40.6. The second-order valence-electron chi connectivity index (χ2n) is 7.36. The summed E-state index contributed by atoms with van der Waals surface area (Å²) in [6, 6.07) is 10.6. The quantitative estimate of drug-likeness (QED) is 0.210. The Hall–Kier alpha value is -3.62. The van der Waals surface area contributed by atoms with E-state index in [4.69, 9.17) is 10.6 Å². The van der Waals surface area contributed by atoms with Gasteiger partial charge in [-0.1, -0.05) is 12.1 Å². The fourth-order valence-electron chi connectivity index (χ4n) is 3.56. The van der Waals surface area contributed by atoms with Crippen molar-refractivity contribution in [3.05, 3.63) is 53.9 Å². The number of anilines is 1. The molecule has 1 aromatic carbocycles. The first-order valence-corrected chi connectivity index (χ1v) is 10.2. The molecular formula is C22H27N5O4. The van der Waals surface area contributed by atoms with Gasteiger partial charge in [-0.05, 0) is 49.6 Å². The molecule has 2 aromatic rings. The van der Waals surface area contributed by atoms with Crippen LogP contribution in [-0.2, 0) is 19.1 Å². The molecule has 1 aliphatic carbocycles. The highest BCUT2D eigenvalue weighted by atomic mass is 16.5. The number of nitrogens with zero attached hydrogens (tertiary/aromatic N) is 1. The summed E-state index contributed by atoms with van der Waals surface area (Å²) in [6.07, 6.45) is 4.49. The molecule has 2 amide bonds. The highest BCUT2D eigenvalue weighted by molar-refractivity contribution is 5.97. The van der Waals surface area contributed by atoms with Gasteiger partial charge >= 0.3 is 5.97 Å². The zero-order chi connectivity index (χ0) is 22.2. The van der Waals surface area contributed by atoms with Crippen molar-refractivity contribution in [2.45, 2.75) is 25.7 Å². The van der Waals surface area contributed by atoms with Crippen LogP contribution in [0.25, 0.3) is 0 Å². The number of hydrazone groups is 1. The number of aromatic nitrogens is 1. The topological polar surface area (TPSA) is 139 Å². The van der Waals surface area contributed by atoms with Gasteiger partial charge in [-0.25, -0.2) is 0 Å². The summed E-state index contributed by atoms with van der Waals surface area (Å²) in [5.74, 6) is 2.84. The summed E-state index contributed by atoms with van der Waals surface area (Å²) in [5.41, 5.74) is 2.13. The highest BCUT2D eigenvalue weighted by Gasteiger charge is 2.41. The Kier molecular flexibility index (Phi) is 7.42. The number of hydrogen-bond donors (Lipinski definition) is 4. The molecule has 1 heterocycles. The molecule has 31 heavy (non-hydrogen) atoms. The lowest BCUT2D eigenvalue weighted by atomic mass is 9.72. The van der Waals surface area contributed by atoms with Crippen molar-refractivity contribution in [2.75, 3.05) is 18.5 Å². The van der Waals surface area contributed by atoms with Crippen molar-refractivity contribution < 1.29 is 19.1 Å². The number of aromatic amines is 1. The van der Waals surface area contributed by atoms with Crippen LogP contribution >= 0.6 is 0 Å². The zero-order valence-corrected chi connectivity index (χ0v) is 17.3. The molecule has 3 unspecified atom stereocenters. The number of nitrogens with one attached hydrogen (secondary N) is 3. The molecule has 0 radical (unpaired) electrons. The first-order chi connectivity index (χ1) is 15.0. The maximum Gasteiger partial charge on any atom is 0.316 e. The minimum atomic E-state index is -0.623. The minimum Gasteiger partial charge on any atom is -0.465 e. The molecule has 0 bridgehead atoms. The van der Waals surface area contributed by atoms with Gasteiger partial charge in [-0.15, -0.1) is 0 Å². The summed E-state index contributed by atoms with van der Waals surface area (Å²) in [7, 11) is 0. The van der Waals surface area contributed by atoms with Gasteiger partial charge in [-0.2, -0.15) is 5.10 Å². The average molecular weight is 425 g/mol. The molecular weight excluding hydrogens is 398 g/mol. The van der Waals surface area contributed by atoms with Gasteiger partial charge in [0.05, 0.1) is 12.8 Å². The number of carbonyl (C=O) groups is 3. The third-order valence-corrected chi connectivity index (χ3v) is 5.40. The van der Waals surface area contributed by atoms with Crippen LogP contribution in [0.2, 0.25) is 0 Å². The largest absolute Gasteiger partial charge is 0.465 e. The van der Waals surface area contributed by atoms with Crippen LogP contribution in [-0.4, -0.2) is 42.1 Å². The standard InChI is InChI=1S/C22H27N5O4/c1-2-31-22(30)18(19-4-3-11-24-19)13-25-20(28)16-9-10-17(16)21(29)27-15-7-5-14(6-8-15)12-26-23/h3-8,11-12,16-18,24H,2,9-10,13,23H2,1H3,(H,25,28)(H,27,29). The smallest absolute Gasteiger partial charge is 0.316 e.